The maximum Gasteiger partial charge on any atom is 0.321 e. The minimum Gasteiger partial charge on any atom is -0.491 e. The summed E-state index contributed by atoms with van der Waals surface area (Å²) in [4.78, 5) is 33.5. The molecule has 2 N–H and O–H groups in total. The van der Waals surface area contributed by atoms with E-state index in [0.29, 0.717) is 38.6 Å². The van der Waals surface area contributed by atoms with E-state index in [1.165, 1.54) is 6.33 Å². The van der Waals surface area contributed by atoms with Crippen LogP contribution in [0.1, 0.15) is 19.4 Å². The molecule has 12 nitrogen and oxygen atoms in total. The second kappa shape index (κ2) is 13.8. The summed E-state index contributed by atoms with van der Waals surface area (Å²) in [6.07, 6.45) is 3.29. The summed E-state index contributed by atoms with van der Waals surface area (Å²) >= 11 is 0. The molecule has 0 atom stereocenters. The molecule has 1 aromatic carbocycles. The van der Waals surface area contributed by atoms with E-state index in [1.807, 2.05) is 45.2 Å². The zero-order valence-corrected chi connectivity index (χ0v) is 22.4. The van der Waals surface area contributed by atoms with Gasteiger partial charge in [-0.25, -0.2) is 14.8 Å². The first-order valence-corrected chi connectivity index (χ1v) is 13.1. The van der Waals surface area contributed by atoms with Gasteiger partial charge in [-0.3, -0.25) is 4.90 Å². The van der Waals surface area contributed by atoms with Gasteiger partial charge in [0.15, 0.2) is 0 Å². The van der Waals surface area contributed by atoms with Gasteiger partial charge in [-0.15, -0.1) is 0 Å². The molecule has 0 unspecified atom stereocenters. The zero-order valence-electron chi connectivity index (χ0n) is 22.4. The number of carbonyl (C=O) groups is 1. The van der Waals surface area contributed by atoms with Crippen molar-refractivity contribution in [2.75, 3.05) is 88.2 Å². The topological polar surface area (TPSA) is 117 Å². The Morgan fingerprint density at radius 3 is 2.53 bits per heavy atom. The Bertz CT molecular complexity index is 1050. The summed E-state index contributed by atoms with van der Waals surface area (Å²) in [5, 5.41) is 10.3. The Morgan fingerprint density at radius 2 is 1.84 bits per heavy atom. The molecule has 38 heavy (non-hydrogen) atoms. The van der Waals surface area contributed by atoms with Crippen LogP contribution in [0, 0.1) is 0 Å². The Kier molecular flexibility index (Phi) is 9.93. The fourth-order valence-corrected chi connectivity index (χ4v) is 4.31. The van der Waals surface area contributed by atoms with Gasteiger partial charge in [0, 0.05) is 58.5 Å². The number of anilines is 3. The van der Waals surface area contributed by atoms with Gasteiger partial charge >= 0.3 is 6.03 Å². The number of hydrogen-bond donors (Lipinski definition) is 2. The molecule has 12 heteroatoms. The van der Waals surface area contributed by atoms with E-state index in [0.717, 1.165) is 55.7 Å². The molecule has 0 bridgehead atoms. The number of urea groups is 1. The van der Waals surface area contributed by atoms with Crippen molar-refractivity contribution in [2.24, 2.45) is 5.16 Å². The number of amides is 2. The van der Waals surface area contributed by atoms with Crippen molar-refractivity contribution in [1.82, 2.24) is 19.8 Å². The molecule has 2 amide bonds. The average Bonchev–Trinajstić information content (AvgIpc) is 2.94. The quantitative estimate of drug-likeness (QED) is 0.273. The summed E-state index contributed by atoms with van der Waals surface area (Å²) in [6.45, 7) is 11.0. The van der Waals surface area contributed by atoms with Crippen LogP contribution in [-0.2, 0) is 9.57 Å². The highest BCUT2D eigenvalue weighted by Gasteiger charge is 2.24. The fraction of sp³-hybridized carbons (Fsp3) is 0.538. The molecule has 2 aliphatic rings. The third-order valence-corrected chi connectivity index (χ3v) is 6.30. The molecule has 2 aliphatic heterocycles. The largest absolute Gasteiger partial charge is 0.491 e. The van der Waals surface area contributed by atoms with Crippen LogP contribution in [0.2, 0.25) is 0 Å². The summed E-state index contributed by atoms with van der Waals surface area (Å²) in [6, 6.07) is 7.28. The van der Waals surface area contributed by atoms with Crippen LogP contribution in [0.5, 0.6) is 5.75 Å². The number of rotatable bonds is 10. The van der Waals surface area contributed by atoms with E-state index < -0.39 is 0 Å². The van der Waals surface area contributed by atoms with E-state index >= 15 is 0 Å². The first kappa shape index (κ1) is 27.4. The predicted molar refractivity (Wildman–Crippen MR) is 147 cm³/mol. The first-order valence-electron chi connectivity index (χ1n) is 13.1. The van der Waals surface area contributed by atoms with Crippen LogP contribution in [-0.4, -0.2) is 111 Å². The predicted octanol–water partition coefficient (Wildman–Crippen LogP) is 2.34. The van der Waals surface area contributed by atoms with E-state index in [2.05, 4.69) is 35.6 Å². The summed E-state index contributed by atoms with van der Waals surface area (Å²) < 4.78 is 11.0. The normalized spacial score (nSPS) is 16.6. The molecule has 0 spiro atoms. The van der Waals surface area contributed by atoms with Crippen LogP contribution < -0.4 is 20.3 Å². The second-order valence-corrected chi connectivity index (χ2v) is 9.33. The van der Waals surface area contributed by atoms with Gasteiger partial charge in [0.25, 0.3) is 0 Å². The lowest BCUT2D eigenvalue weighted by atomic mass is 10.2. The van der Waals surface area contributed by atoms with Crippen molar-refractivity contribution in [3.8, 4) is 5.75 Å². The molecule has 0 aliphatic carbocycles. The van der Waals surface area contributed by atoms with E-state index in [-0.39, 0.29) is 12.1 Å². The maximum absolute atomic E-state index is 12.8. The second-order valence-electron chi connectivity index (χ2n) is 9.33. The molecule has 2 fully saturated rings. The molecule has 0 saturated carbocycles. The standard InChI is InChI=1S/C26H38N8O4/c1-20(2)38-22-6-4-21(5-7-22)31-26(35)34-10-8-33(9-11-34)25-23(24(27-3)28-19-29-25)18-30-37-17-14-32-12-15-36-16-13-32/h4-7,18-20H,8-17H2,1-3H3,(H,31,35)(H,27,28,29)/b30-18+. The smallest absolute Gasteiger partial charge is 0.321 e. The minimum atomic E-state index is -0.128. The Morgan fingerprint density at radius 1 is 1.11 bits per heavy atom. The Labute approximate surface area is 223 Å². The van der Waals surface area contributed by atoms with Crippen molar-refractivity contribution in [3.63, 3.8) is 0 Å². The highest BCUT2D eigenvalue weighted by Crippen LogP contribution is 2.23. The molecule has 4 rings (SSSR count). The van der Waals surface area contributed by atoms with Crippen molar-refractivity contribution in [1.29, 1.82) is 0 Å². The van der Waals surface area contributed by atoms with Crippen LogP contribution >= 0.6 is 0 Å². The van der Waals surface area contributed by atoms with Crippen molar-refractivity contribution in [2.45, 2.75) is 20.0 Å². The number of oxime groups is 1. The van der Waals surface area contributed by atoms with Crippen molar-refractivity contribution >= 4 is 29.6 Å². The van der Waals surface area contributed by atoms with Gasteiger partial charge in [-0.05, 0) is 38.1 Å². The average molecular weight is 527 g/mol. The number of hydrogen-bond acceptors (Lipinski definition) is 10. The number of aromatic nitrogens is 2. The highest BCUT2D eigenvalue weighted by atomic mass is 16.6. The minimum absolute atomic E-state index is 0.102. The third-order valence-electron chi connectivity index (χ3n) is 6.30. The summed E-state index contributed by atoms with van der Waals surface area (Å²) in [5.41, 5.74) is 1.48. The Hall–Kier alpha value is -3.64. The van der Waals surface area contributed by atoms with Crippen LogP contribution in [0.15, 0.2) is 35.7 Å². The van der Waals surface area contributed by atoms with Gasteiger partial charge in [-0.1, -0.05) is 5.16 Å². The zero-order chi connectivity index (χ0) is 26.7. The lowest BCUT2D eigenvalue weighted by Crippen LogP contribution is -2.50. The van der Waals surface area contributed by atoms with E-state index in [9.17, 15) is 4.79 Å². The van der Waals surface area contributed by atoms with E-state index in [4.69, 9.17) is 14.3 Å². The van der Waals surface area contributed by atoms with Gasteiger partial charge in [0.2, 0.25) is 0 Å². The molecule has 1 aromatic heterocycles. The monoisotopic (exact) mass is 526 g/mol. The number of nitrogens with one attached hydrogen (secondary N) is 2. The van der Waals surface area contributed by atoms with Crippen LogP contribution in [0.3, 0.4) is 0 Å². The molecule has 0 radical (unpaired) electrons. The molecule has 3 heterocycles. The number of ether oxygens (including phenoxy) is 2. The molecule has 2 saturated heterocycles. The number of morpholine rings is 1. The van der Waals surface area contributed by atoms with Gasteiger partial charge in [-0.2, -0.15) is 0 Å². The number of nitrogens with zero attached hydrogens (tertiary/aromatic N) is 6. The molecular weight excluding hydrogens is 488 g/mol. The van der Waals surface area contributed by atoms with Gasteiger partial charge in [0.1, 0.15) is 30.3 Å². The van der Waals surface area contributed by atoms with E-state index in [1.54, 1.807) is 11.1 Å². The summed E-state index contributed by atoms with van der Waals surface area (Å²) in [7, 11) is 1.81. The highest BCUT2D eigenvalue weighted by molar-refractivity contribution is 5.92. The van der Waals surface area contributed by atoms with Gasteiger partial charge < -0.3 is 34.7 Å². The Balaban J connectivity index is 1.30. The molecule has 206 valence electrons. The van der Waals surface area contributed by atoms with Crippen molar-refractivity contribution in [3.05, 3.63) is 36.2 Å². The third kappa shape index (κ3) is 7.68. The van der Waals surface area contributed by atoms with Crippen LogP contribution in [0.25, 0.3) is 0 Å². The number of benzene rings is 1. The maximum atomic E-state index is 12.8. The fourth-order valence-electron chi connectivity index (χ4n) is 4.31. The lowest BCUT2D eigenvalue weighted by molar-refractivity contribution is 0.0214. The first-order chi connectivity index (χ1) is 18.5. The molecule has 2 aromatic rings. The molecular formula is C26H38N8O4. The lowest BCUT2D eigenvalue weighted by Gasteiger charge is -2.36. The SMILES string of the molecule is CNc1ncnc(N2CCN(C(=O)Nc3ccc(OC(C)C)cc3)CC2)c1/C=N/OCCN1CCOCC1. The van der Waals surface area contributed by atoms with Gasteiger partial charge in [0.05, 0.1) is 31.1 Å². The van der Waals surface area contributed by atoms with Crippen LogP contribution in [0.4, 0.5) is 22.1 Å². The summed E-state index contributed by atoms with van der Waals surface area (Å²) in [5.74, 6) is 2.20. The number of carbonyl (C=O) groups excluding carboxylic acids is 1. The van der Waals surface area contributed by atoms with Crippen molar-refractivity contribution < 1.29 is 19.1 Å². The number of piperazine rings is 1.